The summed E-state index contributed by atoms with van der Waals surface area (Å²) in [5.74, 6) is 0.142. The normalized spacial score (nSPS) is 31.3. The van der Waals surface area contributed by atoms with Gasteiger partial charge in [0.15, 0.2) is 23.3 Å². The minimum Gasteiger partial charge on any atom is -0.508 e. The van der Waals surface area contributed by atoms with Crippen LogP contribution in [-0.4, -0.2) is 101 Å². The van der Waals surface area contributed by atoms with Gasteiger partial charge in [-0.3, -0.25) is 5.32 Å². The van der Waals surface area contributed by atoms with Gasteiger partial charge in [0.1, 0.15) is 35.6 Å². The largest absolute Gasteiger partial charge is 0.508 e. The summed E-state index contributed by atoms with van der Waals surface area (Å²) in [6.07, 6.45) is -5.78. The number of phenols is 1. The molecule has 0 aromatic heterocycles. The Bertz CT molecular complexity index is 2180. The van der Waals surface area contributed by atoms with Gasteiger partial charge >= 0.3 is 5.97 Å². The number of methoxy groups -OCH3 is 2. The number of carboxylic acids is 1. The monoisotopic (exact) mass is 740 g/mol. The third-order valence-electron chi connectivity index (χ3n) is 11.6. The molecule has 5 heterocycles. The third kappa shape index (κ3) is 4.91. The number of nitrogens with one attached hydrogen (secondary N) is 2. The van der Waals surface area contributed by atoms with Crippen LogP contribution in [0.2, 0.25) is 0 Å². The van der Waals surface area contributed by atoms with Crippen LogP contribution in [0.3, 0.4) is 0 Å². The van der Waals surface area contributed by atoms with Gasteiger partial charge < -0.3 is 59.3 Å². The summed E-state index contributed by atoms with van der Waals surface area (Å²) in [5.41, 5.74) is 0.890. The fourth-order valence-corrected chi connectivity index (χ4v) is 9.04. The predicted octanol–water partition coefficient (Wildman–Crippen LogP) is 2.36. The van der Waals surface area contributed by atoms with E-state index in [4.69, 9.17) is 28.4 Å². The molecule has 7 N–H and O–H groups in total. The molecule has 0 spiro atoms. The van der Waals surface area contributed by atoms with Crippen LogP contribution in [0, 0.1) is 0 Å². The van der Waals surface area contributed by atoms with Crippen molar-refractivity contribution in [2.75, 3.05) is 27.8 Å². The van der Waals surface area contributed by atoms with E-state index in [0.717, 1.165) is 22.3 Å². The molecule has 0 radical (unpaired) electrons. The average molecular weight is 741 g/mol. The molecule has 0 saturated carbocycles. The molecule has 54 heavy (non-hydrogen) atoms. The Kier molecular flexibility index (Phi) is 8.01. The molecule has 8 bridgehead atoms. The number of aliphatic carboxylic acids is 1. The van der Waals surface area contributed by atoms with Crippen LogP contribution in [0.1, 0.15) is 39.8 Å². The molecular weight excluding hydrogens is 700 g/mol. The van der Waals surface area contributed by atoms with Crippen molar-refractivity contribution in [2.45, 2.75) is 66.8 Å². The number of carboxylic acid groups (broad SMARTS) is 1. The summed E-state index contributed by atoms with van der Waals surface area (Å²) >= 11 is 0. The van der Waals surface area contributed by atoms with Gasteiger partial charge in [0.25, 0.3) is 0 Å². The van der Waals surface area contributed by atoms with Crippen molar-refractivity contribution < 1.29 is 58.7 Å². The van der Waals surface area contributed by atoms with Gasteiger partial charge in [-0.1, -0.05) is 36.4 Å². The number of likely N-dealkylation sites (N-methyl/N-ethyl adjacent to an activating group) is 1. The third-order valence-corrected chi connectivity index (χ3v) is 11.6. The van der Waals surface area contributed by atoms with Crippen LogP contribution in [0.5, 0.6) is 34.5 Å². The number of aromatic hydroxyl groups is 1. The summed E-state index contributed by atoms with van der Waals surface area (Å²) in [6.45, 7) is -0.137. The zero-order valence-corrected chi connectivity index (χ0v) is 29.6. The SMILES string of the molecule is CN[C@@H]1CN[C@]2(O)[C@@H](O)[C@H](Oc3cc4c5c(c3)-c3cc(O)ccc3Cc3cccc(c3)C[C@H](O4)[C@@H]3c4ccc(OC)c(OC)c4O[C@@H]53)O[C@]1(C(=O)O)[C@H]2O. The summed E-state index contributed by atoms with van der Waals surface area (Å²) in [7, 11) is 4.62. The van der Waals surface area contributed by atoms with Crippen LogP contribution >= 0.6 is 0 Å². The smallest absolute Gasteiger partial charge is 0.340 e. The molecule has 5 aliphatic heterocycles. The Labute approximate surface area is 309 Å². The summed E-state index contributed by atoms with van der Waals surface area (Å²) in [5, 5.41) is 61.0. The number of ether oxygens (including phenoxy) is 6. The van der Waals surface area contributed by atoms with Crippen LogP contribution in [0.4, 0.5) is 0 Å². The lowest BCUT2D eigenvalue weighted by atomic mass is 9.74. The minimum absolute atomic E-state index is 0.0190. The standard InChI is InChI=1S/C40H40N2O12/c1-41-29-17-42-40(48)35(44)36(54-39(29,37(40)45)38(46)47)51-22-15-25-24-14-21(43)8-7-20(24)12-18-5-4-6-19(11-18)13-27-30-23-9-10-26(49-2)33(50-3)32(23)53-34(30)31(25)28(16-22)52-27/h4-11,14-16,27,29-30,34-37,41-45,48H,12-13,17H2,1-3H3,(H,46,47)/t27-,29+,30-,34+,35-,36+,37+,39-,40-/m0/s1. The van der Waals surface area contributed by atoms with E-state index in [9.17, 15) is 30.3 Å². The molecule has 0 amide bonds. The highest BCUT2D eigenvalue weighted by molar-refractivity contribution is 5.81. The van der Waals surface area contributed by atoms with E-state index in [-0.39, 0.29) is 24.0 Å². The number of piperidine rings is 1. The molecule has 6 aliphatic rings. The number of phenolic OH excluding ortho intramolecular Hbond substituents is 1. The van der Waals surface area contributed by atoms with E-state index < -0.39 is 54.0 Å². The van der Waals surface area contributed by atoms with Crippen molar-refractivity contribution in [2.24, 2.45) is 0 Å². The summed E-state index contributed by atoms with van der Waals surface area (Å²) < 4.78 is 37.6. The molecular formula is C40H40N2O12. The number of fused-ring (bicyclic) bond motifs is 3. The zero-order valence-electron chi connectivity index (χ0n) is 29.6. The van der Waals surface area contributed by atoms with Crippen molar-refractivity contribution in [3.63, 3.8) is 0 Å². The first-order valence-corrected chi connectivity index (χ1v) is 17.8. The van der Waals surface area contributed by atoms with Gasteiger partial charge in [0.05, 0.1) is 26.2 Å². The lowest BCUT2D eigenvalue weighted by Gasteiger charge is -2.58. The van der Waals surface area contributed by atoms with Gasteiger partial charge in [-0.05, 0) is 65.6 Å². The second-order valence-corrected chi connectivity index (χ2v) is 14.5. The second-order valence-electron chi connectivity index (χ2n) is 14.5. The van der Waals surface area contributed by atoms with E-state index in [0.29, 0.717) is 52.5 Å². The number of aliphatic hydroxyl groups excluding tert-OH is 2. The first kappa shape index (κ1) is 34.7. The average Bonchev–Trinajstić information content (AvgIpc) is 3.55. The highest BCUT2D eigenvalue weighted by Gasteiger charge is 2.71. The van der Waals surface area contributed by atoms with Gasteiger partial charge in [-0.2, -0.15) is 0 Å². The number of aliphatic hydroxyl groups is 3. The van der Waals surface area contributed by atoms with Gasteiger partial charge in [-0.15, -0.1) is 0 Å². The van der Waals surface area contributed by atoms with Crippen molar-refractivity contribution in [3.05, 3.63) is 94.5 Å². The highest BCUT2D eigenvalue weighted by atomic mass is 16.7. The molecule has 4 aromatic rings. The first-order valence-electron chi connectivity index (χ1n) is 17.8. The van der Waals surface area contributed by atoms with Crippen LogP contribution < -0.4 is 34.3 Å². The fourth-order valence-electron chi connectivity index (χ4n) is 9.04. The number of benzene rings is 4. The number of hydrogen-bond acceptors (Lipinski definition) is 13. The molecule has 9 atom stereocenters. The number of hydrogen-bond donors (Lipinski definition) is 7. The Morgan fingerprint density at radius 3 is 2.56 bits per heavy atom. The molecule has 4 aromatic carbocycles. The van der Waals surface area contributed by atoms with E-state index in [1.54, 1.807) is 38.5 Å². The summed E-state index contributed by atoms with van der Waals surface area (Å²) in [4.78, 5) is 12.8. The van der Waals surface area contributed by atoms with Gasteiger partial charge in [0, 0.05) is 30.2 Å². The van der Waals surface area contributed by atoms with E-state index in [2.05, 4.69) is 28.8 Å². The number of rotatable bonds is 6. The topological polar surface area (TPSA) is 198 Å². The van der Waals surface area contributed by atoms with Crippen molar-refractivity contribution >= 4 is 5.97 Å². The van der Waals surface area contributed by atoms with Crippen molar-refractivity contribution in [1.29, 1.82) is 0 Å². The molecule has 10 rings (SSSR count). The van der Waals surface area contributed by atoms with Crippen LogP contribution in [0.15, 0.2) is 66.7 Å². The predicted molar refractivity (Wildman–Crippen MR) is 190 cm³/mol. The Morgan fingerprint density at radius 2 is 1.80 bits per heavy atom. The van der Waals surface area contributed by atoms with E-state index in [1.807, 2.05) is 24.3 Å². The highest BCUT2D eigenvalue weighted by Crippen LogP contribution is 2.61. The molecule has 14 heteroatoms. The Balaban J connectivity index is 1.24. The summed E-state index contributed by atoms with van der Waals surface area (Å²) in [6, 6.07) is 19.5. The van der Waals surface area contributed by atoms with Crippen LogP contribution in [-0.2, 0) is 22.4 Å². The Morgan fingerprint density at radius 1 is 0.981 bits per heavy atom. The number of carbonyl (C=O) groups is 1. The Hall–Kier alpha value is -5.09. The second kappa shape index (κ2) is 12.5. The van der Waals surface area contributed by atoms with E-state index in [1.165, 1.54) is 7.05 Å². The maximum absolute atomic E-state index is 12.8. The molecule has 2 saturated heterocycles. The maximum atomic E-state index is 12.8. The molecule has 1 aliphatic carbocycles. The quantitative estimate of drug-likeness (QED) is 0.152. The maximum Gasteiger partial charge on any atom is 0.340 e. The molecule has 2 fully saturated rings. The molecule has 0 unspecified atom stereocenters. The minimum atomic E-state index is -2.49. The zero-order chi connectivity index (χ0) is 37.7. The molecule has 282 valence electrons. The lowest BCUT2D eigenvalue weighted by molar-refractivity contribution is -0.362. The van der Waals surface area contributed by atoms with Crippen molar-refractivity contribution in [1.82, 2.24) is 10.6 Å². The van der Waals surface area contributed by atoms with Gasteiger partial charge in [-0.25, -0.2) is 4.79 Å². The van der Waals surface area contributed by atoms with Gasteiger partial charge in [0.2, 0.25) is 17.6 Å². The van der Waals surface area contributed by atoms with Crippen molar-refractivity contribution in [3.8, 4) is 45.6 Å². The van der Waals surface area contributed by atoms with E-state index >= 15 is 0 Å². The van der Waals surface area contributed by atoms with Crippen LogP contribution in [0.25, 0.3) is 11.1 Å². The fraction of sp³-hybridized carbons (Fsp3) is 0.375. The lowest BCUT2D eigenvalue weighted by Crippen LogP contribution is -2.87. The molecule has 14 nitrogen and oxygen atoms in total. The first-order chi connectivity index (χ1) is 26.0.